The maximum Gasteiger partial charge on any atom is 0.244 e. The van der Waals surface area contributed by atoms with Gasteiger partial charge in [-0.15, -0.1) is 0 Å². The van der Waals surface area contributed by atoms with E-state index in [1.165, 1.54) is 0 Å². The Morgan fingerprint density at radius 2 is 2.24 bits per heavy atom. The van der Waals surface area contributed by atoms with Crippen LogP contribution in [0, 0.1) is 0 Å². The molecular weight excluding hydrogens is 270 g/mol. The third-order valence-electron chi connectivity index (χ3n) is 4.35. The van der Waals surface area contributed by atoms with Gasteiger partial charge in [-0.05, 0) is 0 Å². The van der Waals surface area contributed by atoms with Crippen molar-refractivity contribution in [2.45, 2.75) is 18.5 Å². The van der Waals surface area contributed by atoms with Crippen molar-refractivity contribution in [3.63, 3.8) is 0 Å². The maximum absolute atomic E-state index is 6.14. The van der Waals surface area contributed by atoms with E-state index in [9.17, 15) is 0 Å². The summed E-state index contributed by atoms with van der Waals surface area (Å²) in [6, 6.07) is -0.0628. The number of nitrogens with zero attached hydrogens (tertiary/aromatic N) is 5. The predicted octanol–water partition coefficient (Wildman–Crippen LogP) is -0.292. The second-order valence-corrected chi connectivity index (χ2v) is 5.73. The summed E-state index contributed by atoms with van der Waals surface area (Å²) < 4.78 is 5.37. The number of H-pyrrole nitrogens is 1. The Labute approximate surface area is 122 Å². The van der Waals surface area contributed by atoms with Crippen LogP contribution in [0.15, 0.2) is 17.0 Å². The Morgan fingerprint density at radius 1 is 1.38 bits per heavy atom. The molecule has 8 nitrogen and oxygen atoms in total. The number of aromatic amines is 1. The summed E-state index contributed by atoms with van der Waals surface area (Å²) in [5, 5.41) is 4.15. The van der Waals surface area contributed by atoms with Gasteiger partial charge in [0.1, 0.15) is 0 Å². The van der Waals surface area contributed by atoms with Crippen LogP contribution < -0.4 is 5.73 Å². The van der Waals surface area contributed by atoms with Gasteiger partial charge in [0.15, 0.2) is 5.82 Å². The summed E-state index contributed by atoms with van der Waals surface area (Å²) in [6.07, 6.45) is 4.01. The van der Waals surface area contributed by atoms with Crippen LogP contribution in [0.1, 0.15) is 29.5 Å². The molecule has 5 rings (SSSR count). The molecule has 3 aliphatic rings. The quantitative estimate of drug-likeness (QED) is 0.797. The van der Waals surface area contributed by atoms with Crippen LogP contribution in [-0.2, 0) is 6.42 Å². The highest BCUT2D eigenvalue weighted by Gasteiger charge is 2.35. The van der Waals surface area contributed by atoms with Crippen LogP contribution in [0.25, 0.3) is 0 Å². The van der Waals surface area contributed by atoms with Gasteiger partial charge >= 0.3 is 0 Å². The summed E-state index contributed by atoms with van der Waals surface area (Å²) in [6.45, 7) is 5.42. The molecule has 21 heavy (non-hydrogen) atoms. The van der Waals surface area contributed by atoms with Crippen molar-refractivity contribution in [2.75, 3.05) is 32.7 Å². The van der Waals surface area contributed by atoms with Crippen LogP contribution in [-0.4, -0.2) is 62.6 Å². The van der Waals surface area contributed by atoms with Gasteiger partial charge in [-0.1, -0.05) is 5.16 Å². The van der Waals surface area contributed by atoms with Gasteiger partial charge in [-0.3, -0.25) is 9.80 Å². The van der Waals surface area contributed by atoms with E-state index in [0.29, 0.717) is 12.3 Å². The molecule has 2 aromatic rings. The monoisotopic (exact) mass is 289 g/mol. The molecule has 1 unspecified atom stereocenters. The summed E-state index contributed by atoms with van der Waals surface area (Å²) in [5.41, 5.74) is 7.10. The van der Waals surface area contributed by atoms with Crippen molar-refractivity contribution in [1.29, 1.82) is 0 Å². The molecule has 112 valence electrons. The largest absolute Gasteiger partial charge is 0.348 e. The molecule has 3 saturated heterocycles. The lowest BCUT2D eigenvalue weighted by Crippen LogP contribution is -2.57. The fraction of sp³-hybridized carbons (Fsp3) is 0.615. The van der Waals surface area contributed by atoms with E-state index in [1.54, 1.807) is 12.5 Å². The molecule has 0 radical (unpaired) electrons. The minimum absolute atomic E-state index is 0.240. The molecule has 0 aliphatic carbocycles. The maximum atomic E-state index is 6.14. The van der Waals surface area contributed by atoms with Gasteiger partial charge in [0.2, 0.25) is 5.89 Å². The van der Waals surface area contributed by atoms with E-state index < -0.39 is 0 Å². The van der Waals surface area contributed by atoms with Crippen LogP contribution in [0.5, 0.6) is 0 Å². The highest BCUT2D eigenvalue weighted by atomic mass is 16.5. The van der Waals surface area contributed by atoms with E-state index in [0.717, 1.165) is 44.2 Å². The minimum Gasteiger partial charge on any atom is -0.348 e. The Morgan fingerprint density at radius 3 is 2.90 bits per heavy atom. The Hall–Kier alpha value is -1.77. The summed E-state index contributed by atoms with van der Waals surface area (Å²) >= 11 is 0. The fourth-order valence-corrected chi connectivity index (χ4v) is 3.12. The topological polar surface area (TPSA) is 100 Å². The summed E-state index contributed by atoms with van der Waals surface area (Å²) in [7, 11) is 0. The lowest BCUT2D eigenvalue weighted by molar-refractivity contribution is 0.00781. The average Bonchev–Trinajstić information content (AvgIpc) is 3.19. The molecule has 3 fully saturated rings. The number of aromatic nitrogens is 4. The van der Waals surface area contributed by atoms with E-state index >= 15 is 0 Å². The Balaban J connectivity index is 1.48. The molecule has 0 aromatic carbocycles. The number of nitrogens with two attached hydrogens (primary N) is 1. The SMILES string of the molecule is N[C@@H](Cc1cnc[nH]1)c1nc(C2CN3CCN2CC3)no1. The number of piperazine rings is 3. The van der Waals surface area contributed by atoms with Gasteiger partial charge < -0.3 is 15.2 Å². The average molecular weight is 289 g/mol. The molecule has 3 aliphatic heterocycles. The summed E-state index contributed by atoms with van der Waals surface area (Å²) in [5.74, 6) is 1.26. The standard InChI is InChI=1S/C13H19N7O/c14-10(5-9-6-15-8-16-9)13-17-12(18-21-13)11-7-19-1-3-20(11)4-2-19/h6,8,10-11H,1-5,7,14H2,(H,15,16)/t10-,11?/m0/s1. The summed E-state index contributed by atoms with van der Waals surface area (Å²) in [4.78, 5) is 16.4. The molecule has 8 heteroatoms. The number of hydrogen-bond donors (Lipinski definition) is 2. The van der Waals surface area contributed by atoms with Gasteiger partial charge in [0, 0.05) is 51.0 Å². The van der Waals surface area contributed by atoms with Gasteiger partial charge in [-0.2, -0.15) is 4.98 Å². The lowest BCUT2D eigenvalue weighted by Gasteiger charge is -2.46. The zero-order chi connectivity index (χ0) is 14.2. The van der Waals surface area contributed by atoms with Gasteiger partial charge in [0.05, 0.1) is 18.4 Å². The van der Waals surface area contributed by atoms with Crippen molar-refractivity contribution >= 4 is 0 Å². The number of fused-ring (bicyclic) bond motifs is 3. The van der Waals surface area contributed by atoms with E-state index in [4.69, 9.17) is 10.3 Å². The molecule has 0 saturated carbocycles. The number of imidazole rings is 1. The predicted molar refractivity (Wildman–Crippen MR) is 74.3 cm³/mol. The fourth-order valence-electron chi connectivity index (χ4n) is 3.12. The second-order valence-electron chi connectivity index (χ2n) is 5.73. The highest BCUT2D eigenvalue weighted by molar-refractivity contribution is 5.05. The van der Waals surface area contributed by atoms with Crippen molar-refractivity contribution < 1.29 is 4.52 Å². The van der Waals surface area contributed by atoms with Gasteiger partial charge in [0.25, 0.3) is 0 Å². The Kier molecular flexibility index (Phi) is 3.21. The van der Waals surface area contributed by atoms with Crippen molar-refractivity contribution in [3.05, 3.63) is 29.9 Å². The molecule has 0 spiro atoms. The number of rotatable bonds is 4. The molecule has 2 bridgehead atoms. The number of hydrogen-bond acceptors (Lipinski definition) is 7. The van der Waals surface area contributed by atoms with Crippen molar-refractivity contribution in [3.8, 4) is 0 Å². The van der Waals surface area contributed by atoms with Crippen LogP contribution in [0.4, 0.5) is 0 Å². The molecule has 5 heterocycles. The van der Waals surface area contributed by atoms with Crippen LogP contribution >= 0.6 is 0 Å². The first-order valence-electron chi connectivity index (χ1n) is 7.32. The van der Waals surface area contributed by atoms with Crippen molar-refractivity contribution in [1.82, 2.24) is 29.9 Å². The molecule has 0 amide bonds. The first-order valence-corrected chi connectivity index (χ1v) is 7.32. The molecule has 2 atom stereocenters. The van der Waals surface area contributed by atoms with E-state index in [1.807, 2.05) is 0 Å². The first-order chi connectivity index (χ1) is 10.3. The Bertz CT molecular complexity index is 587. The molecular formula is C13H19N7O. The number of nitrogens with one attached hydrogen (secondary N) is 1. The highest BCUT2D eigenvalue weighted by Crippen LogP contribution is 2.27. The smallest absolute Gasteiger partial charge is 0.244 e. The lowest BCUT2D eigenvalue weighted by atomic mass is 10.1. The zero-order valence-electron chi connectivity index (χ0n) is 11.8. The third kappa shape index (κ3) is 2.45. The van der Waals surface area contributed by atoms with Crippen LogP contribution in [0.3, 0.4) is 0 Å². The molecule has 3 N–H and O–H groups in total. The molecule has 2 aromatic heterocycles. The van der Waals surface area contributed by atoms with Crippen molar-refractivity contribution in [2.24, 2.45) is 5.73 Å². The first kappa shape index (κ1) is 12.9. The minimum atomic E-state index is -0.303. The second kappa shape index (κ2) is 5.21. The third-order valence-corrected chi connectivity index (χ3v) is 4.35. The zero-order valence-corrected chi connectivity index (χ0v) is 11.8. The van der Waals surface area contributed by atoms with Crippen LogP contribution in [0.2, 0.25) is 0 Å². The normalized spacial score (nSPS) is 29.7. The van der Waals surface area contributed by atoms with E-state index in [2.05, 4.69) is 29.9 Å². The van der Waals surface area contributed by atoms with E-state index in [-0.39, 0.29) is 12.1 Å². The van der Waals surface area contributed by atoms with Gasteiger partial charge in [-0.25, -0.2) is 4.98 Å².